The Morgan fingerprint density at radius 1 is 1.09 bits per heavy atom. The lowest BCUT2D eigenvalue weighted by Crippen LogP contribution is -2.41. The third-order valence-corrected chi connectivity index (χ3v) is 5.61. The third kappa shape index (κ3) is 3.35. The van der Waals surface area contributed by atoms with Crippen LogP contribution in [0.5, 0.6) is 0 Å². The molecule has 0 unspecified atom stereocenters. The Balaban J connectivity index is 1.40. The summed E-state index contributed by atoms with van der Waals surface area (Å²) >= 11 is 0. The van der Waals surface area contributed by atoms with Crippen molar-refractivity contribution in [2.75, 3.05) is 13.1 Å². The van der Waals surface area contributed by atoms with E-state index in [-0.39, 0.29) is 0 Å². The van der Waals surface area contributed by atoms with Gasteiger partial charge in [-0.2, -0.15) is 0 Å². The van der Waals surface area contributed by atoms with Gasteiger partial charge in [0, 0.05) is 18.7 Å². The fourth-order valence-electron chi connectivity index (χ4n) is 4.26. The molecule has 0 spiro atoms. The molecule has 1 aromatic carbocycles. The predicted molar refractivity (Wildman–Crippen MR) is 92.0 cm³/mol. The summed E-state index contributed by atoms with van der Waals surface area (Å²) in [6.45, 7) is 5.49. The lowest BCUT2D eigenvalue weighted by Gasteiger charge is -2.41. The largest absolute Gasteiger partial charge is 0.444 e. The highest BCUT2D eigenvalue weighted by molar-refractivity contribution is 5.53. The number of nitrogens with zero attached hydrogens (tertiary/aromatic N) is 2. The maximum absolute atomic E-state index is 5.70. The molecule has 2 atom stereocenters. The summed E-state index contributed by atoms with van der Waals surface area (Å²) in [5.41, 5.74) is 3.39. The smallest absolute Gasteiger partial charge is 0.226 e. The van der Waals surface area contributed by atoms with E-state index in [0.29, 0.717) is 0 Å². The van der Waals surface area contributed by atoms with Gasteiger partial charge in [0.25, 0.3) is 0 Å². The number of aryl methyl sites for hydroxylation is 1. The molecule has 0 bridgehead atoms. The van der Waals surface area contributed by atoms with E-state index in [4.69, 9.17) is 9.40 Å². The molecule has 1 saturated heterocycles. The molecule has 0 radical (unpaired) electrons. The van der Waals surface area contributed by atoms with E-state index in [9.17, 15) is 0 Å². The van der Waals surface area contributed by atoms with Crippen molar-refractivity contribution >= 4 is 0 Å². The topological polar surface area (TPSA) is 29.3 Å². The Morgan fingerprint density at radius 3 is 2.70 bits per heavy atom. The van der Waals surface area contributed by atoms with Crippen LogP contribution >= 0.6 is 0 Å². The molecule has 4 rings (SSSR count). The van der Waals surface area contributed by atoms with Crippen molar-refractivity contribution in [1.29, 1.82) is 0 Å². The van der Waals surface area contributed by atoms with Crippen molar-refractivity contribution in [2.45, 2.75) is 45.6 Å². The zero-order chi connectivity index (χ0) is 15.6. The number of aromatic nitrogens is 1. The molecule has 2 heterocycles. The first kappa shape index (κ1) is 14.9. The van der Waals surface area contributed by atoms with Gasteiger partial charge in [0.2, 0.25) is 5.89 Å². The Hall–Kier alpha value is -1.61. The first-order chi connectivity index (χ1) is 11.3. The zero-order valence-electron chi connectivity index (χ0n) is 14.0. The molecule has 0 amide bonds. The first-order valence-corrected chi connectivity index (χ1v) is 9.02. The number of hydrogen-bond acceptors (Lipinski definition) is 3. The van der Waals surface area contributed by atoms with Gasteiger partial charge in [0.05, 0.1) is 5.69 Å². The number of rotatable bonds is 3. The average Bonchev–Trinajstić information content (AvgIpc) is 3.04. The minimum absolute atomic E-state index is 0.743. The van der Waals surface area contributed by atoms with Crippen LogP contribution in [0.3, 0.4) is 0 Å². The lowest BCUT2D eigenvalue weighted by atomic mass is 9.75. The first-order valence-electron chi connectivity index (χ1n) is 9.02. The highest BCUT2D eigenvalue weighted by Gasteiger charge is 2.31. The Labute approximate surface area is 138 Å². The molecule has 0 N–H and O–H groups in total. The Kier molecular flexibility index (Phi) is 4.21. The molecule has 3 nitrogen and oxygen atoms in total. The van der Waals surface area contributed by atoms with Gasteiger partial charge in [-0.1, -0.05) is 37.0 Å². The molecule has 1 aliphatic carbocycles. The third-order valence-electron chi connectivity index (χ3n) is 5.61. The van der Waals surface area contributed by atoms with Crippen LogP contribution in [0.4, 0.5) is 0 Å². The number of benzene rings is 1. The maximum Gasteiger partial charge on any atom is 0.226 e. The zero-order valence-corrected chi connectivity index (χ0v) is 14.0. The highest BCUT2D eigenvalue weighted by Crippen LogP contribution is 2.36. The number of likely N-dealkylation sites (tertiary alicyclic amines) is 1. The van der Waals surface area contributed by atoms with Crippen LogP contribution in [-0.4, -0.2) is 23.0 Å². The standard InChI is InChI=1S/C20H26N2O/c1-15-6-8-17(9-7-15)20-21-19(14-23-20)13-22-11-10-16-4-2-3-5-18(16)12-22/h6-9,14,16,18H,2-5,10-13H2,1H3/t16-,18+/m0/s1. The highest BCUT2D eigenvalue weighted by atomic mass is 16.3. The van der Waals surface area contributed by atoms with Gasteiger partial charge in [-0.05, 0) is 50.3 Å². The molecular formula is C20H26N2O. The van der Waals surface area contributed by atoms with Crippen LogP contribution in [0.15, 0.2) is 34.9 Å². The van der Waals surface area contributed by atoms with E-state index in [1.807, 2.05) is 6.26 Å². The number of hydrogen-bond donors (Lipinski definition) is 0. The van der Waals surface area contributed by atoms with Crippen LogP contribution in [0.25, 0.3) is 11.5 Å². The van der Waals surface area contributed by atoms with Crippen LogP contribution in [-0.2, 0) is 6.54 Å². The van der Waals surface area contributed by atoms with Crippen molar-refractivity contribution in [3.8, 4) is 11.5 Å². The van der Waals surface area contributed by atoms with Gasteiger partial charge >= 0.3 is 0 Å². The summed E-state index contributed by atoms with van der Waals surface area (Å²) in [5.74, 6) is 2.65. The quantitative estimate of drug-likeness (QED) is 0.825. The van der Waals surface area contributed by atoms with Crippen LogP contribution in [0.1, 0.15) is 43.4 Å². The van der Waals surface area contributed by atoms with Gasteiger partial charge in [-0.3, -0.25) is 4.90 Å². The second-order valence-electron chi connectivity index (χ2n) is 7.34. The maximum atomic E-state index is 5.70. The Morgan fingerprint density at radius 2 is 1.87 bits per heavy atom. The lowest BCUT2D eigenvalue weighted by molar-refractivity contribution is 0.0812. The minimum atomic E-state index is 0.743. The summed E-state index contributed by atoms with van der Waals surface area (Å²) < 4.78 is 5.70. The SMILES string of the molecule is Cc1ccc(-c2nc(CN3CC[C@@H]4CCCC[C@@H]4C3)co2)cc1. The molecule has 2 aromatic rings. The fraction of sp³-hybridized carbons (Fsp3) is 0.550. The van der Waals surface area contributed by atoms with E-state index >= 15 is 0 Å². The van der Waals surface area contributed by atoms with E-state index < -0.39 is 0 Å². The molecule has 1 aromatic heterocycles. The molecule has 2 aliphatic rings. The molecule has 2 fully saturated rings. The van der Waals surface area contributed by atoms with Crippen molar-refractivity contribution in [1.82, 2.24) is 9.88 Å². The van der Waals surface area contributed by atoms with E-state index in [1.54, 1.807) is 0 Å². The van der Waals surface area contributed by atoms with E-state index in [0.717, 1.165) is 35.5 Å². The number of fused-ring (bicyclic) bond motifs is 1. The van der Waals surface area contributed by atoms with Crippen molar-refractivity contribution in [3.05, 3.63) is 41.8 Å². The summed E-state index contributed by atoms with van der Waals surface area (Å²) in [5, 5.41) is 0. The second-order valence-corrected chi connectivity index (χ2v) is 7.34. The van der Waals surface area contributed by atoms with E-state index in [2.05, 4.69) is 36.1 Å². The van der Waals surface area contributed by atoms with Gasteiger partial charge in [-0.25, -0.2) is 4.98 Å². The molecule has 3 heteroatoms. The molecular weight excluding hydrogens is 284 g/mol. The summed E-state index contributed by atoms with van der Waals surface area (Å²) in [4.78, 5) is 7.27. The normalized spacial score (nSPS) is 25.3. The fourth-order valence-corrected chi connectivity index (χ4v) is 4.26. The van der Waals surface area contributed by atoms with Crippen LogP contribution < -0.4 is 0 Å². The molecule has 23 heavy (non-hydrogen) atoms. The molecule has 1 aliphatic heterocycles. The molecule has 1 saturated carbocycles. The number of piperidine rings is 1. The van der Waals surface area contributed by atoms with Crippen molar-refractivity contribution < 1.29 is 4.42 Å². The summed E-state index contributed by atoms with van der Waals surface area (Å²) in [6, 6.07) is 8.37. The monoisotopic (exact) mass is 310 g/mol. The van der Waals surface area contributed by atoms with E-state index in [1.165, 1.54) is 50.8 Å². The van der Waals surface area contributed by atoms with Crippen molar-refractivity contribution in [3.63, 3.8) is 0 Å². The molecule has 122 valence electrons. The summed E-state index contributed by atoms with van der Waals surface area (Å²) in [6.07, 6.45) is 8.96. The Bertz CT molecular complexity index is 646. The second kappa shape index (κ2) is 6.48. The van der Waals surface area contributed by atoms with Crippen LogP contribution in [0.2, 0.25) is 0 Å². The van der Waals surface area contributed by atoms with Crippen molar-refractivity contribution in [2.24, 2.45) is 11.8 Å². The predicted octanol–water partition coefficient (Wildman–Crippen LogP) is 4.66. The average molecular weight is 310 g/mol. The van der Waals surface area contributed by atoms with Crippen LogP contribution in [0, 0.1) is 18.8 Å². The van der Waals surface area contributed by atoms with Gasteiger partial charge < -0.3 is 4.42 Å². The van der Waals surface area contributed by atoms with Gasteiger partial charge in [0.1, 0.15) is 6.26 Å². The number of oxazole rings is 1. The summed E-state index contributed by atoms with van der Waals surface area (Å²) in [7, 11) is 0. The van der Waals surface area contributed by atoms with Gasteiger partial charge in [0.15, 0.2) is 0 Å². The van der Waals surface area contributed by atoms with Gasteiger partial charge in [-0.15, -0.1) is 0 Å². The minimum Gasteiger partial charge on any atom is -0.444 e.